The van der Waals surface area contributed by atoms with Crippen molar-refractivity contribution in [2.75, 3.05) is 11.9 Å². The molecular weight excluding hydrogens is 366 g/mol. The second-order valence-electron chi connectivity index (χ2n) is 6.45. The molecule has 1 amide bonds. The predicted octanol–water partition coefficient (Wildman–Crippen LogP) is 4.28. The molecule has 5 nitrogen and oxygen atoms in total. The van der Waals surface area contributed by atoms with Crippen molar-refractivity contribution < 1.29 is 19.1 Å². The number of aryl methyl sites for hydroxylation is 1. The Morgan fingerprint density at radius 2 is 1.45 bits per heavy atom. The Morgan fingerprint density at radius 3 is 2.14 bits per heavy atom. The monoisotopic (exact) mass is 387 g/mol. The van der Waals surface area contributed by atoms with Gasteiger partial charge >= 0.3 is 5.97 Å². The van der Waals surface area contributed by atoms with Crippen molar-refractivity contribution >= 4 is 23.3 Å². The van der Waals surface area contributed by atoms with E-state index < -0.39 is 11.9 Å². The quantitative estimate of drug-likeness (QED) is 0.485. The third-order valence-electron chi connectivity index (χ3n) is 4.37. The van der Waals surface area contributed by atoms with Crippen LogP contribution in [0.4, 0.5) is 5.69 Å². The third kappa shape index (κ3) is 5.39. The van der Waals surface area contributed by atoms with Crippen molar-refractivity contribution in [1.82, 2.24) is 0 Å². The van der Waals surface area contributed by atoms with E-state index in [4.69, 9.17) is 4.74 Å². The number of ether oxygens (including phenoxy) is 1. The van der Waals surface area contributed by atoms with Crippen molar-refractivity contribution in [2.45, 2.75) is 13.3 Å². The molecule has 0 spiro atoms. The highest BCUT2D eigenvalue weighted by Crippen LogP contribution is 2.13. The lowest BCUT2D eigenvalue weighted by Crippen LogP contribution is -2.21. The summed E-state index contributed by atoms with van der Waals surface area (Å²) in [7, 11) is 0. The predicted molar refractivity (Wildman–Crippen MR) is 111 cm³/mol. The van der Waals surface area contributed by atoms with Gasteiger partial charge in [-0.15, -0.1) is 0 Å². The van der Waals surface area contributed by atoms with Gasteiger partial charge in [-0.1, -0.05) is 61.5 Å². The highest BCUT2D eigenvalue weighted by atomic mass is 16.5. The molecular formula is C24H21NO4. The first kappa shape index (κ1) is 20.0. The zero-order valence-electron chi connectivity index (χ0n) is 16.1. The first-order chi connectivity index (χ1) is 14.1. The highest BCUT2D eigenvalue weighted by Gasteiger charge is 2.13. The number of nitrogens with one attached hydrogen (secondary N) is 1. The molecule has 0 radical (unpaired) electrons. The molecule has 5 heteroatoms. The standard InChI is InChI=1S/C24H21NO4/c1-2-17-7-6-10-21(15-17)25-22(26)16-29-24(28)20-13-11-19(12-14-20)23(27)18-8-4-3-5-9-18/h3-15H,2,16H2,1H3,(H,25,26). The topological polar surface area (TPSA) is 72.5 Å². The lowest BCUT2D eigenvalue weighted by Gasteiger charge is -2.08. The van der Waals surface area contributed by atoms with Crippen LogP contribution in [0.3, 0.4) is 0 Å². The molecule has 0 aliphatic heterocycles. The molecule has 0 aromatic heterocycles. The fourth-order valence-electron chi connectivity index (χ4n) is 2.79. The van der Waals surface area contributed by atoms with Crippen LogP contribution >= 0.6 is 0 Å². The van der Waals surface area contributed by atoms with Gasteiger partial charge in [-0.2, -0.15) is 0 Å². The SMILES string of the molecule is CCc1cccc(NC(=O)COC(=O)c2ccc(C(=O)c3ccccc3)cc2)c1. The number of carbonyl (C=O) groups excluding carboxylic acids is 3. The normalized spacial score (nSPS) is 10.2. The Hall–Kier alpha value is -3.73. The fourth-order valence-corrected chi connectivity index (χ4v) is 2.79. The smallest absolute Gasteiger partial charge is 0.338 e. The van der Waals surface area contributed by atoms with E-state index in [1.54, 1.807) is 42.5 Å². The van der Waals surface area contributed by atoms with Crippen LogP contribution in [0.2, 0.25) is 0 Å². The van der Waals surface area contributed by atoms with Crippen LogP contribution in [0.1, 0.15) is 38.8 Å². The summed E-state index contributed by atoms with van der Waals surface area (Å²) in [6.45, 7) is 1.64. The molecule has 0 heterocycles. The maximum absolute atomic E-state index is 12.4. The largest absolute Gasteiger partial charge is 0.452 e. The van der Waals surface area contributed by atoms with Gasteiger partial charge in [0.05, 0.1) is 5.56 Å². The lowest BCUT2D eigenvalue weighted by atomic mass is 10.0. The van der Waals surface area contributed by atoms with Crippen LogP contribution in [0, 0.1) is 0 Å². The van der Waals surface area contributed by atoms with Gasteiger partial charge in [-0.25, -0.2) is 4.79 Å². The molecule has 0 fully saturated rings. The molecule has 3 aromatic carbocycles. The number of benzene rings is 3. The summed E-state index contributed by atoms with van der Waals surface area (Å²) in [5, 5.41) is 2.70. The fraction of sp³-hybridized carbons (Fsp3) is 0.125. The minimum Gasteiger partial charge on any atom is -0.452 e. The van der Waals surface area contributed by atoms with Crippen molar-refractivity contribution in [3.8, 4) is 0 Å². The molecule has 0 bridgehead atoms. The number of ketones is 1. The molecule has 0 aliphatic rings. The van der Waals surface area contributed by atoms with E-state index in [2.05, 4.69) is 5.32 Å². The van der Waals surface area contributed by atoms with Crippen molar-refractivity contribution in [2.24, 2.45) is 0 Å². The molecule has 0 aliphatic carbocycles. The van der Waals surface area contributed by atoms with Gasteiger partial charge in [0.2, 0.25) is 0 Å². The lowest BCUT2D eigenvalue weighted by molar-refractivity contribution is -0.119. The van der Waals surface area contributed by atoms with Gasteiger partial charge in [0.15, 0.2) is 12.4 Å². The first-order valence-electron chi connectivity index (χ1n) is 9.32. The second-order valence-corrected chi connectivity index (χ2v) is 6.45. The Balaban J connectivity index is 1.55. The second kappa shape index (κ2) is 9.46. The molecule has 29 heavy (non-hydrogen) atoms. The highest BCUT2D eigenvalue weighted by molar-refractivity contribution is 6.09. The Morgan fingerprint density at radius 1 is 0.793 bits per heavy atom. The number of esters is 1. The summed E-state index contributed by atoms with van der Waals surface area (Å²) < 4.78 is 5.07. The average Bonchev–Trinajstić information content (AvgIpc) is 2.77. The average molecular weight is 387 g/mol. The summed E-state index contributed by atoms with van der Waals surface area (Å²) in [6.07, 6.45) is 0.863. The first-order valence-corrected chi connectivity index (χ1v) is 9.32. The number of hydrogen-bond donors (Lipinski definition) is 1. The molecule has 3 aromatic rings. The molecule has 1 N–H and O–H groups in total. The van der Waals surface area contributed by atoms with Crippen molar-refractivity contribution in [3.05, 3.63) is 101 Å². The number of hydrogen-bond acceptors (Lipinski definition) is 4. The van der Waals surface area contributed by atoms with E-state index in [1.165, 1.54) is 12.1 Å². The summed E-state index contributed by atoms with van der Waals surface area (Å²) in [6, 6.07) is 22.6. The molecule has 0 saturated carbocycles. The summed E-state index contributed by atoms with van der Waals surface area (Å²) >= 11 is 0. The van der Waals surface area contributed by atoms with Gasteiger partial charge < -0.3 is 10.1 Å². The Labute approximate surface area is 169 Å². The van der Waals surface area contributed by atoms with E-state index in [1.807, 2.05) is 31.2 Å². The number of amides is 1. The maximum atomic E-state index is 12.4. The van der Waals surface area contributed by atoms with Crippen LogP contribution in [0.15, 0.2) is 78.9 Å². The van der Waals surface area contributed by atoms with Crippen LogP contribution < -0.4 is 5.32 Å². The minimum atomic E-state index is -0.624. The van der Waals surface area contributed by atoms with Gasteiger partial charge in [-0.05, 0) is 36.2 Å². The van der Waals surface area contributed by atoms with Gasteiger partial charge in [0.1, 0.15) is 0 Å². The molecule has 3 rings (SSSR count). The Bertz CT molecular complexity index is 1010. The summed E-state index contributed by atoms with van der Waals surface area (Å²) in [4.78, 5) is 36.6. The summed E-state index contributed by atoms with van der Waals surface area (Å²) in [5.74, 6) is -1.16. The van der Waals surface area contributed by atoms with Gasteiger partial charge in [0, 0.05) is 16.8 Å². The van der Waals surface area contributed by atoms with E-state index in [9.17, 15) is 14.4 Å². The molecule has 0 unspecified atom stereocenters. The number of anilines is 1. The number of carbonyl (C=O) groups is 3. The molecule has 0 atom stereocenters. The van der Waals surface area contributed by atoms with Crippen molar-refractivity contribution in [3.63, 3.8) is 0 Å². The van der Waals surface area contributed by atoms with Crippen LogP contribution in [-0.2, 0) is 16.0 Å². The van der Waals surface area contributed by atoms with E-state index in [-0.39, 0.29) is 18.0 Å². The molecule has 146 valence electrons. The Kier molecular flexibility index (Phi) is 6.53. The number of rotatable bonds is 7. The van der Waals surface area contributed by atoms with Gasteiger partial charge in [-0.3, -0.25) is 9.59 Å². The minimum absolute atomic E-state index is 0.126. The maximum Gasteiger partial charge on any atom is 0.338 e. The third-order valence-corrected chi connectivity index (χ3v) is 4.37. The zero-order chi connectivity index (χ0) is 20.6. The molecule has 0 saturated heterocycles. The van der Waals surface area contributed by atoms with Crippen molar-refractivity contribution in [1.29, 1.82) is 0 Å². The van der Waals surface area contributed by atoms with E-state index in [0.717, 1.165) is 12.0 Å². The van der Waals surface area contributed by atoms with Crippen LogP contribution in [-0.4, -0.2) is 24.3 Å². The summed E-state index contributed by atoms with van der Waals surface area (Å²) in [5.41, 5.74) is 3.09. The van der Waals surface area contributed by atoms with E-state index in [0.29, 0.717) is 16.8 Å². The van der Waals surface area contributed by atoms with Crippen LogP contribution in [0.25, 0.3) is 0 Å². The van der Waals surface area contributed by atoms with Crippen LogP contribution in [0.5, 0.6) is 0 Å². The zero-order valence-corrected chi connectivity index (χ0v) is 16.1. The van der Waals surface area contributed by atoms with Gasteiger partial charge in [0.25, 0.3) is 5.91 Å². The van der Waals surface area contributed by atoms with E-state index >= 15 is 0 Å².